The first-order valence-corrected chi connectivity index (χ1v) is 14.8. The summed E-state index contributed by atoms with van der Waals surface area (Å²) in [7, 11) is 0. The summed E-state index contributed by atoms with van der Waals surface area (Å²) in [5, 5.41) is 10.0. The van der Waals surface area contributed by atoms with Crippen molar-refractivity contribution in [3.05, 3.63) is 95.4 Å². The van der Waals surface area contributed by atoms with Gasteiger partial charge in [0.1, 0.15) is 11.8 Å². The van der Waals surface area contributed by atoms with Crippen molar-refractivity contribution in [2.75, 3.05) is 12.8 Å². The molecule has 0 unspecified atom stereocenters. The van der Waals surface area contributed by atoms with Gasteiger partial charge in [-0.1, -0.05) is 48.4 Å². The van der Waals surface area contributed by atoms with E-state index in [0.29, 0.717) is 41.3 Å². The lowest BCUT2D eigenvalue weighted by molar-refractivity contribution is 0.0766. The summed E-state index contributed by atoms with van der Waals surface area (Å²) < 4.78 is 6.27. The van der Waals surface area contributed by atoms with Crippen molar-refractivity contribution in [3.63, 3.8) is 0 Å². The van der Waals surface area contributed by atoms with Crippen molar-refractivity contribution in [3.8, 4) is 40.5 Å². The van der Waals surface area contributed by atoms with E-state index in [1.54, 1.807) is 13.1 Å². The summed E-state index contributed by atoms with van der Waals surface area (Å²) in [5.41, 5.74) is 10.2. The smallest absolute Gasteiger partial charge is 0.254 e. The predicted octanol–water partition coefficient (Wildman–Crippen LogP) is 6.65. The maximum atomic E-state index is 13.9. The van der Waals surface area contributed by atoms with Crippen LogP contribution in [0.25, 0.3) is 22.6 Å². The Morgan fingerprint density at radius 1 is 1.17 bits per heavy atom. The first kappa shape index (κ1) is 28.2. The van der Waals surface area contributed by atoms with E-state index in [2.05, 4.69) is 22.9 Å². The minimum absolute atomic E-state index is 0.0996. The number of aromatic nitrogens is 1. The third-order valence-electron chi connectivity index (χ3n) is 7.40. The zero-order valence-electron chi connectivity index (χ0n) is 23.5. The van der Waals surface area contributed by atoms with Gasteiger partial charge in [0.05, 0.1) is 23.3 Å². The molecule has 0 spiro atoms. The summed E-state index contributed by atoms with van der Waals surface area (Å²) in [6, 6.07) is 23.6. The fourth-order valence-electron chi connectivity index (χ4n) is 5.36. The molecule has 2 heterocycles. The quantitative estimate of drug-likeness (QED) is 0.201. The molecule has 1 amide bonds. The normalized spacial score (nSPS) is 16.0. The Kier molecular flexibility index (Phi) is 8.31. The molecule has 3 aromatic carbocycles. The molecule has 1 aliphatic rings. The molecule has 4 aromatic rings. The van der Waals surface area contributed by atoms with Gasteiger partial charge in [-0.15, -0.1) is 17.7 Å². The Balaban J connectivity index is 1.59. The van der Waals surface area contributed by atoms with E-state index < -0.39 is 5.54 Å². The van der Waals surface area contributed by atoms with Crippen molar-refractivity contribution < 1.29 is 9.21 Å². The number of hydrogen-bond acceptors (Lipinski definition) is 6. The zero-order chi connectivity index (χ0) is 29.0. The number of thioether (sulfide) groups is 1. The third kappa shape index (κ3) is 5.93. The summed E-state index contributed by atoms with van der Waals surface area (Å²) in [4.78, 5) is 21.2. The minimum atomic E-state index is -0.787. The average Bonchev–Trinajstić information content (AvgIpc) is 3.67. The van der Waals surface area contributed by atoms with E-state index in [-0.39, 0.29) is 11.9 Å². The van der Waals surface area contributed by atoms with Crippen LogP contribution in [0.3, 0.4) is 0 Å². The molecule has 0 saturated carbocycles. The number of rotatable bonds is 7. The summed E-state index contributed by atoms with van der Waals surface area (Å²) >= 11 is 1.52. The van der Waals surface area contributed by atoms with Crippen molar-refractivity contribution in [2.45, 2.75) is 49.6 Å². The van der Waals surface area contributed by atoms with Crippen LogP contribution >= 0.6 is 11.8 Å². The number of amides is 1. The van der Waals surface area contributed by atoms with E-state index in [1.165, 1.54) is 11.8 Å². The second-order valence-corrected chi connectivity index (χ2v) is 11.3. The standard InChI is InChI=1S/C34H32N4O2S/c1-4-10-27-13-9-16-38(27)33(39)26-18-24(28-14-8-15-30(41-3)29(28)21-35)17-25(19-26)32-37-22-31(40-32)34(2,36)20-23-11-6-5-7-12-23/h5-8,11-12,14-15,17-19,22,27H,9,13,16,20,36H2,1-3H3/t27-,34+/m0/s1. The highest BCUT2D eigenvalue weighted by atomic mass is 32.2. The Morgan fingerprint density at radius 2 is 1.95 bits per heavy atom. The number of benzene rings is 3. The first-order chi connectivity index (χ1) is 19.8. The number of carbonyl (C=O) groups excluding carboxylic acids is 1. The zero-order valence-corrected chi connectivity index (χ0v) is 24.3. The van der Waals surface area contributed by atoms with Crippen LogP contribution in [-0.2, 0) is 12.0 Å². The van der Waals surface area contributed by atoms with Crippen LogP contribution < -0.4 is 5.73 Å². The highest BCUT2D eigenvalue weighted by Gasteiger charge is 2.30. The third-order valence-corrected chi connectivity index (χ3v) is 8.18. The molecule has 1 aliphatic heterocycles. The van der Waals surface area contributed by atoms with E-state index in [9.17, 15) is 10.1 Å². The maximum absolute atomic E-state index is 13.9. The number of likely N-dealkylation sites (tertiary alicyclic amines) is 1. The minimum Gasteiger partial charge on any atom is -0.439 e. The summed E-state index contributed by atoms with van der Waals surface area (Å²) in [6.07, 6.45) is 5.95. The molecule has 0 radical (unpaired) electrons. The van der Waals surface area contributed by atoms with Crippen molar-refractivity contribution >= 4 is 17.7 Å². The van der Waals surface area contributed by atoms with Crippen molar-refractivity contribution in [1.29, 1.82) is 5.26 Å². The lowest BCUT2D eigenvalue weighted by Crippen LogP contribution is -2.35. The van der Waals surface area contributed by atoms with Gasteiger partial charge in [-0.05, 0) is 74.8 Å². The van der Waals surface area contributed by atoms with Gasteiger partial charge < -0.3 is 15.1 Å². The molecule has 2 N–H and O–H groups in total. The van der Waals surface area contributed by atoms with E-state index in [4.69, 9.17) is 10.2 Å². The Hall–Kier alpha value is -4.30. The number of nitriles is 1. The second-order valence-electron chi connectivity index (χ2n) is 10.5. The Morgan fingerprint density at radius 3 is 2.68 bits per heavy atom. The molecule has 7 heteroatoms. The van der Waals surface area contributed by atoms with E-state index in [1.807, 2.05) is 84.8 Å². The highest BCUT2D eigenvalue weighted by Crippen LogP contribution is 2.35. The second kappa shape index (κ2) is 12.1. The molecular formula is C34H32N4O2S. The van der Waals surface area contributed by atoms with Gasteiger partial charge in [0.2, 0.25) is 5.89 Å². The lowest BCUT2D eigenvalue weighted by atomic mass is 9.92. The maximum Gasteiger partial charge on any atom is 0.254 e. The Labute approximate surface area is 245 Å². The molecule has 41 heavy (non-hydrogen) atoms. The molecule has 206 valence electrons. The molecule has 5 rings (SSSR count). The van der Waals surface area contributed by atoms with Gasteiger partial charge in [0.25, 0.3) is 5.91 Å². The Bertz CT molecular complexity index is 1670. The lowest BCUT2D eigenvalue weighted by Gasteiger charge is -2.22. The number of hydrogen-bond donors (Lipinski definition) is 1. The van der Waals surface area contributed by atoms with Gasteiger partial charge in [0, 0.05) is 28.1 Å². The van der Waals surface area contributed by atoms with E-state index in [0.717, 1.165) is 34.4 Å². The molecule has 0 aliphatic carbocycles. The van der Waals surface area contributed by atoms with Gasteiger partial charge in [-0.3, -0.25) is 4.79 Å². The summed E-state index contributed by atoms with van der Waals surface area (Å²) in [6.45, 7) is 4.37. The van der Waals surface area contributed by atoms with Gasteiger partial charge in [-0.25, -0.2) is 4.98 Å². The van der Waals surface area contributed by atoms with Crippen LogP contribution in [0, 0.1) is 23.2 Å². The SMILES string of the molecule is CC#C[C@H]1CCCN1C(=O)c1cc(-c2ncc([C@](C)(N)Cc3ccccc3)o2)cc(-c2cccc(SC)c2C#N)c1. The summed E-state index contributed by atoms with van der Waals surface area (Å²) in [5.74, 6) is 6.96. The van der Waals surface area contributed by atoms with Gasteiger partial charge in [0.15, 0.2) is 0 Å². The van der Waals surface area contributed by atoms with Crippen LogP contribution in [0.5, 0.6) is 0 Å². The number of nitrogens with two attached hydrogens (primary N) is 1. The van der Waals surface area contributed by atoms with Crippen molar-refractivity contribution in [2.24, 2.45) is 5.73 Å². The van der Waals surface area contributed by atoms with Crippen molar-refractivity contribution in [1.82, 2.24) is 9.88 Å². The molecule has 0 bridgehead atoms. The number of oxazole rings is 1. The topological polar surface area (TPSA) is 96.2 Å². The first-order valence-electron chi connectivity index (χ1n) is 13.6. The predicted molar refractivity (Wildman–Crippen MR) is 163 cm³/mol. The monoisotopic (exact) mass is 560 g/mol. The fourth-order valence-corrected chi connectivity index (χ4v) is 5.93. The number of nitrogens with zero attached hydrogens (tertiary/aromatic N) is 3. The highest BCUT2D eigenvalue weighted by molar-refractivity contribution is 7.98. The van der Waals surface area contributed by atoms with Crippen LogP contribution in [0.15, 0.2) is 82.2 Å². The largest absolute Gasteiger partial charge is 0.439 e. The average molecular weight is 561 g/mol. The molecule has 2 atom stereocenters. The molecular weight excluding hydrogens is 528 g/mol. The molecule has 1 aromatic heterocycles. The van der Waals surface area contributed by atoms with Crippen LogP contribution in [0.2, 0.25) is 0 Å². The molecule has 1 saturated heterocycles. The molecule has 6 nitrogen and oxygen atoms in total. The van der Waals surface area contributed by atoms with Crippen LogP contribution in [0.4, 0.5) is 0 Å². The van der Waals surface area contributed by atoms with Gasteiger partial charge in [-0.2, -0.15) is 5.26 Å². The molecule has 1 fully saturated rings. The fraction of sp³-hybridized carbons (Fsp3) is 0.265. The van der Waals surface area contributed by atoms with Gasteiger partial charge >= 0.3 is 0 Å². The van der Waals surface area contributed by atoms with Crippen LogP contribution in [-0.4, -0.2) is 34.6 Å². The van der Waals surface area contributed by atoms with E-state index >= 15 is 0 Å². The van der Waals surface area contributed by atoms with Crippen LogP contribution in [0.1, 0.15) is 53.9 Å². The number of carbonyl (C=O) groups is 1.